The molecule has 2 rings (SSSR count). The summed E-state index contributed by atoms with van der Waals surface area (Å²) in [5.74, 6) is 0.759. The summed E-state index contributed by atoms with van der Waals surface area (Å²) in [6, 6.07) is 5.45. The molecule has 0 saturated carbocycles. The lowest BCUT2D eigenvalue weighted by Crippen LogP contribution is -2.00. The topological polar surface area (TPSA) is 30.7 Å². The maximum Gasteiger partial charge on any atom is 0.157 e. The van der Waals surface area contributed by atoms with E-state index in [4.69, 9.17) is 11.6 Å². The van der Waals surface area contributed by atoms with Crippen LogP contribution in [0.5, 0.6) is 0 Å². The van der Waals surface area contributed by atoms with Crippen molar-refractivity contribution in [1.29, 1.82) is 0 Å². The molecule has 1 radical (unpaired) electrons. The lowest BCUT2D eigenvalue weighted by molar-refractivity contribution is 0.832. The third-order valence-electron chi connectivity index (χ3n) is 1.68. The number of aromatic nitrogens is 3. The summed E-state index contributed by atoms with van der Waals surface area (Å²) in [6.45, 7) is 1.96. The Kier molecular flexibility index (Phi) is 2.02. The molecular formula is C9H7ClN3. The van der Waals surface area contributed by atoms with Crippen LogP contribution in [0.25, 0.3) is 5.82 Å². The molecule has 2 aromatic heterocycles. The van der Waals surface area contributed by atoms with Crippen molar-refractivity contribution in [3.05, 3.63) is 41.3 Å². The lowest BCUT2D eigenvalue weighted by Gasteiger charge is -2.01. The van der Waals surface area contributed by atoms with Crippen LogP contribution in [0.4, 0.5) is 0 Å². The van der Waals surface area contributed by atoms with Crippen molar-refractivity contribution in [2.24, 2.45) is 0 Å². The van der Waals surface area contributed by atoms with Gasteiger partial charge in [0.15, 0.2) is 11.0 Å². The minimum atomic E-state index is 0.421. The first-order valence-corrected chi connectivity index (χ1v) is 4.20. The van der Waals surface area contributed by atoms with Crippen LogP contribution in [0, 0.1) is 13.1 Å². The summed E-state index contributed by atoms with van der Waals surface area (Å²) < 4.78 is 1.54. The van der Waals surface area contributed by atoms with E-state index in [1.165, 1.54) is 4.68 Å². The van der Waals surface area contributed by atoms with Crippen LogP contribution < -0.4 is 0 Å². The van der Waals surface area contributed by atoms with Crippen molar-refractivity contribution in [3.8, 4) is 5.82 Å². The van der Waals surface area contributed by atoms with E-state index < -0.39 is 0 Å². The Hall–Kier alpha value is -1.35. The average Bonchev–Trinajstić information content (AvgIpc) is 2.53. The molecule has 0 bridgehead atoms. The van der Waals surface area contributed by atoms with Crippen LogP contribution in [0.15, 0.2) is 24.4 Å². The molecule has 0 aliphatic rings. The maximum atomic E-state index is 5.67. The van der Waals surface area contributed by atoms with Crippen LogP contribution in [0.2, 0.25) is 5.15 Å². The van der Waals surface area contributed by atoms with E-state index >= 15 is 0 Å². The van der Waals surface area contributed by atoms with Crippen LogP contribution >= 0.6 is 11.6 Å². The molecule has 3 nitrogen and oxygen atoms in total. The van der Waals surface area contributed by atoms with E-state index in [1.807, 2.05) is 19.1 Å². The van der Waals surface area contributed by atoms with Crippen molar-refractivity contribution in [1.82, 2.24) is 14.8 Å². The van der Waals surface area contributed by atoms with Crippen molar-refractivity contribution in [2.75, 3.05) is 0 Å². The SMILES string of the molecule is Cc1cccnc1-n1[c]cc(Cl)n1. The second-order valence-electron chi connectivity index (χ2n) is 2.65. The van der Waals surface area contributed by atoms with Gasteiger partial charge in [-0.2, -0.15) is 5.10 Å². The van der Waals surface area contributed by atoms with Gasteiger partial charge in [-0.25, -0.2) is 9.67 Å². The number of hydrogen-bond donors (Lipinski definition) is 0. The molecular weight excluding hydrogens is 186 g/mol. The molecule has 0 aliphatic carbocycles. The van der Waals surface area contributed by atoms with Gasteiger partial charge in [0.05, 0.1) is 6.20 Å². The molecule has 0 spiro atoms. The molecule has 0 N–H and O–H groups in total. The van der Waals surface area contributed by atoms with Crippen LogP contribution in [0.3, 0.4) is 0 Å². The zero-order valence-electron chi connectivity index (χ0n) is 7.03. The summed E-state index contributed by atoms with van der Waals surface area (Å²) in [4.78, 5) is 4.17. The molecule has 2 heterocycles. The van der Waals surface area contributed by atoms with Gasteiger partial charge in [-0.05, 0) is 18.6 Å². The number of pyridine rings is 1. The van der Waals surface area contributed by atoms with E-state index in [1.54, 1.807) is 12.3 Å². The normalized spacial score (nSPS) is 10.3. The molecule has 0 fully saturated rings. The number of halogens is 1. The molecule has 0 aromatic carbocycles. The summed E-state index contributed by atoms with van der Waals surface area (Å²) >= 11 is 5.67. The van der Waals surface area contributed by atoms with Crippen molar-refractivity contribution in [3.63, 3.8) is 0 Å². The number of nitrogens with zero attached hydrogens (tertiary/aromatic N) is 3. The lowest BCUT2D eigenvalue weighted by atomic mass is 10.3. The molecule has 0 saturated heterocycles. The van der Waals surface area contributed by atoms with Gasteiger partial charge >= 0.3 is 0 Å². The van der Waals surface area contributed by atoms with Gasteiger partial charge < -0.3 is 0 Å². The summed E-state index contributed by atoms with van der Waals surface area (Å²) in [5, 5.41) is 4.43. The zero-order chi connectivity index (χ0) is 9.26. The number of hydrogen-bond acceptors (Lipinski definition) is 2. The van der Waals surface area contributed by atoms with Crippen LogP contribution in [-0.4, -0.2) is 14.8 Å². The summed E-state index contributed by atoms with van der Waals surface area (Å²) in [5.41, 5.74) is 1.04. The second kappa shape index (κ2) is 3.18. The molecule has 0 atom stereocenters. The van der Waals surface area contributed by atoms with E-state index in [0.29, 0.717) is 5.15 Å². The fourth-order valence-electron chi connectivity index (χ4n) is 1.08. The van der Waals surface area contributed by atoms with E-state index in [2.05, 4.69) is 16.3 Å². The smallest absolute Gasteiger partial charge is 0.157 e. The van der Waals surface area contributed by atoms with Crippen LogP contribution in [-0.2, 0) is 0 Å². The van der Waals surface area contributed by atoms with Gasteiger partial charge in [0.1, 0.15) is 0 Å². The highest BCUT2D eigenvalue weighted by atomic mass is 35.5. The fraction of sp³-hybridized carbons (Fsp3) is 0.111. The Balaban J connectivity index is 2.52. The molecule has 0 amide bonds. The number of rotatable bonds is 1. The largest absolute Gasteiger partial charge is 0.237 e. The van der Waals surface area contributed by atoms with E-state index in [0.717, 1.165) is 11.4 Å². The highest BCUT2D eigenvalue weighted by Crippen LogP contribution is 2.10. The second-order valence-corrected chi connectivity index (χ2v) is 3.04. The zero-order valence-corrected chi connectivity index (χ0v) is 7.78. The van der Waals surface area contributed by atoms with Gasteiger partial charge in [-0.1, -0.05) is 17.7 Å². The van der Waals surface area contributed by atoms with E-state index in [-0.39, 0.29) is 0 Å². The van der Waals surface area contributed by atoms with Gasteiger partial charge in [-0.3, -0.25) is 0 Å². The Bertz CT molecular complexity index is 422. The van der Waals surface area contributed by atoms with Gasteiger partial charge in [0, 0.05) is 12.3 Å². The highest BCUT2D eigenvalue weighted by Gasteiger charge is 2.02. The Labute approximate surface area is 81.0 Å². The van der Waals surface area contributed by atoms with Gasteiger partial charge in [0.25, 0.3) is 0 Å². The standard InChI is InChI=1S/C9H7ClN3/c1-7-3-2-5-11-9(7)13-6-4-8(10)12-13/h2-5H,1H3. The third-order valence-corrected chi connectivity index (χ3v) is 1.87. The van der Waals surface area contributed by atoms with Crippen molar-refractivity contribution >= 4 is 11.6 Å². The third kappa shape index (κ3) is 1.55. The Morgan fingerprint density at radius 3 is 3.00 bits per heavy atom. The molecule has 13 heavy (non-hydrogen) atoms. The van der Waals surface area contributed by atoms with Crippen molar-refractivity contribution in [2.45, 2.75) is 6.92 Å². The monoisotopic (exact) mass is 192 g/mol. The first-order valence-electron chi connectivity index (χ1n) is 3.82. The van der Waals surface area contributed by atoms with E-state index in [9.17, 15) is 0 Å². The predicted octanol–water partition coefficient (Wildman–Crippen LogP) is 2.03. The number of aryl methyl sites for hydroxylation is 1. The van der Waals surface area contributed by atoms with Crippen molar-refractivity contribution < 1.29 is 0 Å². The molecule has 0 aliphatic heterocycles. The average molecular weight is 193 g/mol. The Morgan fingerprint density at radius 1 is 1.54 bits per heavy atom. The minimum absolute atomic E-state index is 0.421. The molecule has 2 aromatic rings. The highest BCUT2D eigenvalue weighted by molar-refractivity contribution is 6.29. The Morgan fingerprint density at radius 2 is 2.38 bits per heavy atom. The minimum Gasteiger partial charge on any atom is -0.237 e. The summed E-state index contributed by atoms with van der Waals surface area (Å²) in [6.07, 6.45) is 4.59. The molecule has 65 valence electrons. The predicted molar refractivity (Wildman–Crippen MR) is 49.9 cm³/mol. The maximum absolute atomic E-state index is 5.67. The van der Waals surface area contributed by atoms with Gasteiger partial charge in [-0.15, -0.1) is 0 Å². The van der Waals surface area contributed by atoms with Crippen LogP contribution in [0.1, 0.15) is 5.56 Å². The first-order chi connectivity index (χ1) is 6.27. The quantitative estimate of drug-likeness (QED) is 0.692. The fourth-order valence-corrected chi connectivity index (χ4v) is 1.20. The molecule has 4 heteroatoms. The molecule has 0 unspecified atom stereocenters. The van der Waals surface area contributed by atoms with Gasteiger partial charge in [0.2, 0.25) is 0 Å². The summed E-state index contributed by atoms with van der Waals surface area (Å²) in [7, 11) is 0. The first kappa shape index (κ1) is 8.26.